The van der Waals surface area contributed by atoms with E-state index in [0.717, 1.165) is 44.6 Å². The van der Waals surface area contributed by atoms with Crippen LogP contribution >= 0.6 is 11.6 Å². The highest BCUT2D eigenvalue weighted by atomic mass is 35.5. The van der Waals surface area contributed by atoms with E-state index >= 15 is 0 Å². The molecule has 0 bridgehead atoms. The quantitative estimate of drug-likeness (QED) is 0.905. The molecule has 1 aliphatic heterocycles. The maximum absolute atomic E-state index is 12.7. The van der Waals surface area contributed by atoms with E-state index in [2.05, 4.69) is 9.88 Å². The number of hydrogen-bond donors (Lipinski definition) is 1. The summed E-state index contributed by atoms with van der Waals surface area (Å²) in [6, 6.07) is 3.77. The number of nitrogens with zero attached hydrogens (tertiary/aromatic N) is 3. The van der Waals surface area contributed by atoms with Gasteiger partial charge < -0.3 is 15.5 Å². The van der Waals surface area contributed by atoms with Crippen LogP contribution in [0.25, 0.3) is 0 Å². The van der Waals surface area contributed by atoms with Crippen LogP contribution in [-0.4, -0.2) is 47.5 Å². The molecule has 1 saturated carbocycles. The molecule has 0 atom stereocenters. The second-order valence-electron chi connectivity index (χ2n) is 6.33. The van der Waals surface area contributed by atoms with Crippen molar-refractivity contribution in [2.75, 3.05) is 31.1 Å². The van der Waals surface area contributed by atoms with Crippen molar-refractivity contribution in [3.63, 3.8) is 0 Å². The lowest BCUT2D eigenvalue weighted by Gasteiger charge is -2.41. The minimum Gasteiger partial charge on any atom is -0.353 e. The summed E-state index contributed by atoms with van der Waals surface area (Å²) < 4.78 is 0. The van der Waals surface area contributed by atoms with Crippen LogP contribution in [0.5, 0.6) is 0 Å². The van der Waals surface area contributed by atoms with Crippen molar-refractivity contribution in [3.8, 4) is 0 Å². The summed E-state index contributed by atoms with van der Waals surface area (Å²) in [6.45, 7) is 3.00. The van der Waals surface area contributed by atoms with Crippen molar-refractivity contribution in [2.24, 2.45) is 5.73 Å². The molecule has 0 aromatic carbocycles. The Labute approximate surface area is 136 Å². The Balaban J connectivity index is 1.59. The summed E-state index contributed by atoms with van der Waals surface area (Å²) in [4.78, 5) is 21.2. The Morgan fingerprint density at radius 3 is 2.41 bits per heavy atom. The minimum absolute atomic E-state index is 0.135. The number of piperazine rings is 1. The van der Waals surface area contributed by atoms with E-state index in [1.54, 1.807) is 6.20 Å². The van der Waals surface area contributed by atoms with Gasteiger partial charge in [0.2, 0.25) is 5.91 Å². The third-order valence-electron chi connectivity index (χ3n) is 4.77. The summed E-state index contributed by atoms with van der Waals surface area (Å²) >= 11 is 5.87. The van der Waals surface area contributed by atoms with Gasteiger partial charge in [0.1, 0.15) is 5.82 Å². The van der Waals surface area contributed by atoms with Gasteiger partial charge in [0.25, 0.3) is 0 Å². The van der Waals surface area contributed by atoms with E-state index in [0.29, 0.717) is 18.1 Å². The molecule has 0 unspecified atom stereocenters. The van der Waals surface area contributed by atoms with Gasteiger partial charge in [-0.15, -0.1) is 0 Å². The lowest BCUT2D eigenvalue weighted by molar-refractivity contribution is -0.138. The van der Waals surface area contributed by atoms with Crippen LogP contribution in [0.4, 0.5) is 5.82 Å². The highest BCUT2D eigenvalue weighted by Crippen LogP contribution is 2.28. The summed E-state index contributed by atoms with van der Waals surface area (Å²) in [5, 5.41) is 0.639. The number of hydrogen-bond acceptors (Lipinski definition) is 4. The van der Waals surface area contributed by atoms with Crippen LogP contribution in [0.3, 0.4) is 0 Å². The number of pyridine rings is 1. The lowest BCUT2D eigenvalue weighted by Crippen LogP contribution is -2.60. The fourth-order valence-corrected chi connectivity index (χ4v) is 3.52. The molecule has 120 valence electrons. The number of carbonyl (C=O) groups excluding carboxylic acids is 1. The van der Waals surface area contributed by atoms with Crippen LogP contribution in [0.2, 0.25) is 5.02 Å². The second-order valence-corrected chi connectivity index (χ2v) is 6.77. The zero-order valence-corrected chi connectivity index (χ0v) is 13.6. The van der Waals surface area contributed by atoms with Gasteiger partial charge in [-0.05, 0) is 25.0 Å². The standard InChI is InChI=1S/C16H23ClN4O/c17-13-4-5-14(19-12-13)20-8-10-21(11-9-20)15(22)16(18)6-2-1-3-7-16/h4-5,12H,1-3,6-11,18H2. The number of carbonyl (C=O) groups is 1. The average molecular weight is 323 g/mol. The number of aromatic nitrogens is 1. The molecule has 22 heavy (non-hydrogen) atoms. The molecule has 3 rings (SSSR count). The van der Waals surface area contributed by atoms with Crippen molar-refractivity contribution in [1.82, 2.24) is 9.88 Å². The van der Waals surface area contributed by atoms with Crippen LogP contribution < -0.4 is 10.6 Å². The lowest BCUT2D eigenvalue weighted by atomic mass is 9.81. The van der Waals surface area contributed by atoms with Gasteiger partial charge in [-0.1, -0.05) is 30.9 Å². The summed E-state index contributed by atoms with van der Waals surface area (Å²) in [5.41, 5.74) is 5.74. The molecule has 2 heterocycles. The van der Waals surface area contributed by atoms with Gasteiger partial charge in [-0.3, -0.25) is 4.79 Å². The molecule has 1 aliphatic carbocycles. The molecule has 2 aliphatic rings. The Morgan fingerprint density at radius 1 is 1.14 bits per heavy atom. The monoisotopic (exact) mass is 322 g/mol. The SMILES string of the molecule is NC1(C(=O)N2CCN(c3ccc(Cl)cn3)CC2)CCCCC1. The topological polar surface area (TPSA) is 62.5 Å². The fourth-order valence-electron chi connectivity index (χ4n) is 3.41. The van der Waals surface area contributed by atoms with E-state index in [-0.39, 0.29) is 5.91 Å². The first kappa shape index (κ1) is 15.6. The second kappa shape index (κ2) is 6.42. The highest BCUT2D eigenvalue weighted by Gasteiger charge is 2.39. The normalized spacial score (nSPS) is 21.7. The van der Waals surface area contributed by atoms with Crippen LogP contribution in [0, 0.1) is 0 Å². The van der Waals surface area contributed by atoms with E-state index in [4.69, 9.17) is 17.3 Å². The van der Waals surface area contributed by atoms with Gasteiger partial charge in [-0.2, -0.15) is 0 Å². The Hall–Kier alpha value is -1.33. The average Bonchev–Trinajstić information content (AvgIpc) is 2.56. The summed E-state index contributed by atoms with van der Waals surface area (Å²) in [6.07, 6.45) is 6.64. The van der Waals surface area contributed by atoms with Gasteiger partial charge >= 0.3 is 0 Å². The number of nitrogens with two attached hydrogens (primary N) is 1. The highest BCUT2D eigenvalue weighted by molar-refractivity contribution is 6.30. The van der Waals surface area contributed by atoms with Gasteiger partial charge in [0.05, 0.1) is 10.6 Å². The molecule has 5 nitrogen and oxygen atoms in total. The number of anilines is 1. The Morgan fingerprint density at radius 2 is 1.82 bits per heavy atom. The molecule has 0 radical (unpaired) electrons. The summed E-state index contributed by atoms with van der Waals surface area (Å²) in [5.74, 6) is 1.05. The first-order valence-corrected chi connectivity index (χ1v) is 8.41. The summed E-state index contributed by atoms with van der Waals surface area (Å²) in [7, 11) is 0. The molecule has 1 saturated heterocycles. The number of rotatable bonds is 2. The molecule has 1 aromatic heterocycles. The molecule has 1 aromatic rings. The first-order chi connectivity index (χ1) is 10.6. The van der Waals surface area contributed by atoms with E-state index < -0.39 is 5.54 Å². The van der Waals surface area contributed by atoms with Crippen molar-refractivity contribution >= 4 is 23.3 Å². The smallest absolute Gasteiger partial charge is 0.242 e. The minimum atomic E-state index is -0.626. The third kappa shape index (κ3) is 3.20. The molecular weight excluding hydrogens is 300 g/mol. The molecular formula is C16H23ClN4O. The van der Waals surface area contributed by atoms with Crippen LogP contribution in [0.1, 0.15) is 32.1 Å². The van der Waals surface area contributed by atoms with Gasteiger partial charge in [0.15, 0.2) is 0 Å². The predicted octanol–water partition coefficient (Wildman–Crippen LogP) is 2.05. The number of halogens is 1. The molecule has 2 fully saturated rings. The van der Waals surface area contributed by atoms with E-state index in [9.17, 15) is 4.79 Å². The third-order valence-corrected chi connectivity index (χ3v) is 5.00. The van der Waals surface area contributed by atoms with E-state index in [1.165, 1.54) is 6.42 Å². The van der Waals surface area contributed by atoms with Crippen molar-refractivity contribution in [2.45, 2.75) is 37.6 Å². The first-order valence-electron chi connectivity index (χ1n) is 8.03. The van der Waals surface area contributed by atoms with Crippen LogP contribution in [-0.2, 0) is 4.79 Å². The maximum Gasteiger partial charge on any atom is 0.242 e. The van der Waals surface area contributed by atoms with Gasteiger partial charge in [0, 0.05) is 32.4 Å². The Bertz CT molecular complexity index is 519. The Kier molecular flexibility index (Phi) is 4.54. The zero-order valence-electron chi connectivity index (χ0n) is 12.8. The maximum atomic E-state index is 12.7. The predicted molar refractivity (Wildman–Crippen MR) is 88.0 cm³/mol. The molecule has 2 N–H and O–H groups in total. The largest absolute Gasteiger partial charge is 0.353 e. The molecule has 1 amide bonds. The van der Waals surface area contributed by atoms with Crippen LogP contribution in [0.15, 0.2) is 18.3 Å². The van der Waals surface area contributed by atoms with Gasteiger partial charge in [-0.25, -0.2) is 4.98 Å². The van der Waals surface area contributed by atoms with Crippen molar-refractivity contribution in [1.29, 1.82) is 0 Å². The molecule has 0 spiro atoms. The fraction of sp³-hybridized carbons (Fsp3) is 0.625. The van der Waals surface area contributed by atoms with Crippen molar-refractivity contribution < 1.29 is 4.79 Å². The molecule has 6 heteroatoms. The number of amides is 1. The zero-order chi connectivity index (χ0) is 15.6. The van der Waals surface area contributed by atoms with E-state index in [1.807, 2.05) is 17.0 Å². The van der Waals surface area contributed by atoms with Crippen molar-refractivity contribution in [3.05, 3.63) is 23.4 Å².